The zero-order chi connectivity index (χ0) is 22.0. The molecule has 0 aromatic heterocycles. The Morgan fingerprint density at radius 2 is 1.23 bits per heavy atom. The van der Waals surface area contributed by atoms with E-state index in [0.717, 1.165) is 5.75 Å². The van der Waals surface area contributed by atoms with E-state index in [1.807, 2.05) is 0 Å². The Morgan fingerprint density at radius 1 is 0.800 bits per heavy atom. The first-order chi connectivity index (χ1) is 14.3. The number of aliphatic carboxylic acids is 1. The van der Waals surface area contributed by atoms with Gasteiger partial charge >= 0.3 is 0 Å². The summed E-state index contributed by atoms with van der Waals surface area (Å²) in [7, 11) is -0.102. The van der Waals surface area contributed by atoms with Gasteiger partial charge in [0.15, 0.2) is 14.7 Å². The molecule has 3 aromatic rings. The molecular weight excluding hydrogens is 392 g/mol. The van der Waals surface area contributed by atoms with Gasteiger partial charge in [0.1, 0.15) is 11.4 Å². The molecule has 0 aliphatic heterocycles. The molecule has 0 aliphatic rings. The summed E-state index contributed by atoms with van der Waals surface area (Å²) in [5, 5.41) is 9.49. The molecule has 30 heavy (non-hydrogen) atoms. The summed E-state index contributed by atoms with van der Waals surface area (Å²) in [5.74, 6) is -0.0478. The van der Waals surface area contributed by atoms with Crippen LogP contribution in [0.3, 0.4) is 0 Å². The normalized spacial score (nSPS) is 10.8. The minimum Gasteiger partial charge on any atom is -0.550 e. The van der Waals surface area contributed by atoms with Gasteiger partial charge in [-0.15, -0.1) is 0 Å². The molecule has 3 nitrogen and oxygen atoms in total. The second-order valence-electron chi connectivity index (χ2n) is 7.74. The molecule has 158 valence electrons. The van der Waals surface area contributed by atoms with Gasteiger partial charge in [-0.3, -0.25) is 0 Å². The average molecular weight is 423 g/mol. The summed E-state index contributed by atoms with van der Waals surface area (Å²) in [4.78, 5) is 13.4. The fourth-order valence-electron chi connectivity index (χ4n) is 2.72. The number of ether oxygens (including phenoxy) is 1. The number of carboxylic acids is 1. The van der Waals surface area contributed by atoms with Gasteiger partial charge in [-0.2, -0.15) is 0 Å². The van der Waals surface area contributed by atoms with Crippen LogP contribution in [0, 0.1) is 0 Å². The first kappa shape index (κ1) is 23.6. The third kappa shape index (κ3) is 7.96. The topological polar surface area (TPSA) is 49.4 Å². The predicted molar refractivity (Wildman–Crippen MR) is 122 cm³/mol. The average Bonchev–Trinajstić information content (AvgIpc) is 2.70. The molecule has 0 heterocycles. The maximum atomic E-state index is 9.49. The fourth-order valence-corrected chi connectivity index (χ4v) is 4.81. The van der Waals surface area contributed by atoms with E-state index in [2.05, 4.69) is 106 Å². The summed E-state index contributed by atoms with van der Waals surface area (Å²) in [6.45, 7) is 8.01. The molecule has 0 amide bonds. The highest BCUT2D eigenvalue weighted by atomic mass is 32.2. The van der Waals surface area contributed by atoms with Crippen LogP contribution >= 0.6 is 0 Å². The van der Waals surface area contributed by atoms with Gasteiger partial charge in [-0.05, 0) is 75.7 Å². The van der Waals surface area contributed by atoms with Crippen molar-refractivity contribution in [2.45, 2.75) is 60.8 Å². The largest absolute Gasteiger partial charge is 0.550 e. The van der Waals surface area contributed by atoms with E-state index in [0.29, 0.717) is 6.42 Å². The van der Waals surface area contributed by atoms with Crippen LogP contribution < -0.4 is 9.84 Å². The van der Waals surface area contributed by atoms with Crippen LogP contribution in [0.2, 0.25) is 0 Å². The maximum absolute atomic E-state index is 9.49. The minimum atomic E-state index is -0.961. The lowest BCUT2D eigenvalue weighted by Gasteiger charge is -2.21. The van der Waals surface area contributed by atoms with Gasteiger partial charge < -0.3 is 14.6 Å². The van der Waals surface area contributed by atoms with Gasteiger partial charge in [-0.25, -0.2) is 0 Å². The van der Waals surface area contributed by atoms with Crippen molar-refractivity contribution in [1.82, 2.24) is 0 Å². The molecule has 0 unspecified atom stereocenters. The van der Waals surface area contributed by atoms with E-state index in [9.17, 15) is 9.90 Å². The third-order valence-electron chi connectivity index (χ3n) is 3.90. The molecule has 0 radical (unpaired) electrons. The van der Waals surface area contributed by atoms with Crippen LogP contribution in [0.15, 0.2) is 99.6 Å². The molecule has 3 rings (SSSR count). The molecule has 0 saturated heterocycles. The molecule has 0 saturated carbocycles. The van der Waals surface area contributed by atoms with Crippen molar-refractivity contribution in [2.24, 2.45) is 0 Å². The first-order valence-electron chi connectivity index (χ1n) is 10.1. The number of hydrogen-bond acceptors (Lipinski definition) is 3. The maximum Gasteiger partial charge on any atom is 0.166 e. The number of rotatable bonds is 6. The summed E-state index contributed by atoms with van der Waals surface area (Å²) in [6.07, 6.45) is 0.850. The highest BCUT2D eigenvalue weighted by Gasteiger charge is 2.28. The first-order valence-corrected chi connectivity index (χ1v) is 11.4. The smallest absolute Gasteiger partial charge is 0.166 e. The van der Waals surface area contributed by atoms with Gasteiger partial charge in [0.25, 0.3) is 0 Å². The molecule has 0 spiro atoms. The van der Waals surface area contributed by atoms with Crippen molar-refractivity contribution in [1.29, 1.82) is 0 Å². The van der Waals surface area contributed by atoms with E-state index < -0.39 is 5.97 Å². The SMILES string of the molecule is CC(C)(C)Oc1ccc([S+](c2ccccc2)c2ccccc2)cc1.CCCC(=O)[O-]. The summed E-state index contributed by atoms with van der Waals surface area (Å²) < 4.78 is 5.95. The quantitative estimate of drug-likeness (QED) is 0.493. The van der Waals surface area contributed by atoms with Crippen LogP contribution in [-0.4, -0.2) is 11.6 Å². The number of carbonyl (C=O) groups is 1. The fraction of sp³-hybridized carbons (Fsp3) is 0.269. The van der Waals surface area contributed by atoms with E-state index in [-0.39, 0.29) is 22.9 Å². The van der Waals surface area contributed by atoms with Crippen LogP contribution in [-0.2, 0) is 15.7 Å². The molecule has 0 fully saturated rings. The molecular formula is C26H30O3S. The standard InChI is InChI=1S/C22H23OS.C4H8O2/c1-22(2,3)23-18-14-16-21(17-15-18)24(19-10-6-4-7-11-19)20-12-8-5-9-13-20;1-2-3-4(5)6/h4-17H,1-3H3;2-3H2,1H3,(H,5,6)/q+1;/p-1. The number of carbonyl (C=O) groups excluding carboxylic acids is 1. The number of hydrogen-bond donors (Lipinski definition) is 0. The monoisotopic (exact) mass is 422 g/mol. The van der Waals surface area contributed by atoms with Crippen LogP contribution in [0.5, 0.6) is 5.75 Å². The van der Waals surface area contributed by atoms with Crippen molar-refractivity contribution in [3.63, 3.8) is 0 Å². The zero-order valence-corrected chi connectivity index (χ0v) is 18.9. The van der Waals surface area contributed by atoms with Gasteiger partial charge in [0.2, 0.25) is 0 Å². The number of carboxylic acid groups (broad SMARTS) is 1. The van der Waals surface area contributed by atoms with Crippen molar-refractivity contribution in [3.05, 3.63) is 84.9 Å². The van der Waals surface area contributed by atoms with Crippen molar-refractivity contribution in [3.8, 4) is 5.75 Å². The van der Waals surface area contributed by atoms with E-state index in [1.165, 1.54) is 14.7 Å². The van der Waals surface area contributed by atoms with Gasteiger partial charge in [0.05, 0.1) is 10.9 Å². The van der Waals surface area contributed by atoms with E-state index >= 15 is 0 Å². The lowest BCUT2D eigenvalue weighted by atomic mass is 10.2. The highest BCUT2D eigenvalue weighted by molar-refractivity contribution is 7.97. The molecule has 3 aromatic carbocycles. The van der Waals surface area contributed by atoms with E-state index in [1.54, 1.807) is 6.92 Å². The Hall–Kier alpha value is -2.72. The van der Waals surface area contributed by atoms with Gasteiger partial charge in [-0.1, -0.05) is 49.7 Å². The molecule has 4 heteroatoms. The lowest BCUT2D eigenvalue weighted by Crippen LogP contribution is -2.22. The van der Waals surface area contributed by atoms with E-state index in [4.69, 9.17) is 4.74 Å². The predicted octanol–water partition coefficient (Wildman–Crippen LogP) is 5.50. The zero-order valence-electron chi connectivity index (χ0n) is 18.1. The second-order valence-corrected chi connectivity index (χ2v) is 9.77. The summed E-state index contributed by atoms with van der Waals surface area (Å²) in [6, 6.07) is 29.9. The van der Waals surface area contributed by atoms with Crippen molar-refractivity contribution < 1.29 is 14.6 Å². The third-order valence-corrected chi connectivity index (χ3v) is 6.13. The van der Waals surface area contributed by atoms with Crippen LogP contribution in [0.1, 0.15) is 40.5 Å². The Morgan fingerprint density at radius 3 is 1.57 bits per heavy atom. The van der Waals surface area contributed by atoms with Crippen molar-refractivity contribution in [2.75, 3.05) is 0 Å². The highest BCUT2D eigenvalue weighted by Crippen LogP contribution is 2.32. The van der Waals surface area contributed by atoms with Crippen molar-refractivity contribution >= 4 is 16.9 Å². The molecule has 0 atom stereocenters. The van der Waals surface area contributed by atoms with Crippen LogP contribution in [0.25, 0.3) is 0 Å². The lowest BCUT2D eigenvalue weighted by molar-refractivity contribution is -0.305. The molecule has 0 bridgehead atoms. The number of benzene rings is 3. The minimum absolute atomic E-state index is 0.102. The molecule has 0 aliphatic carbocycles. The molecule has 0 N–H and O–H groups in total. The Balaban J connectivity index is 0.000000469. The Bertz CT molecular complexity index is 846. The summed E-state index contributed by atoms with van der Waals surface area (Å²) >= 11 is 0. The Kier molecular flexibility index (Phi) is 9.00. The second kappa shape index (κ2) is 11.5. The summed E-state index contributed by atoms with van der Waals surface area (Å²) in [5.41, 5.74) is -0.179. The van der Waals surface area contributed by atoms with Gasteiger partial charge in [0, 0.05) is 5.97 Å². The Labute approximate surface area is 183 Å². The van der Waals surface area contributed by atoms with Crippen LogP contribution in [0.4, 0.5) is 0 Å².